The number of nitro groups is 1. The van der Waals surface area contributed by atoms with Gasteiger partial charge in [0.2, 0.25) is 0 Å². The molecule has 11 heteroatoms. The maximum atomic E-state index is 13.5. The summed E-state index contributed by atoms with van der Waals surface area (Å²) in [4.78, 5) is 47.2. The number of nitro benzene ring substituents is 1. The van der Waals surface area contributed by atoms with Gasteiger partial charge in [-0.25, -0.2) is 13.6 Å². The van der Waals surface area contributed by atoms with Crippen LogP contribution in [0.4, 0.5) is 14.5 Å². The number of carbonyl (C=O) groups is 3. The molecule has 1 N–H and O–H groups in total. The van der Waals surface area contributed by atoms with Crippen molar-refractivity contribution in [1.82, 2.24) is 5.32 Å². The number of carbonyl (C=O) groups excluding carboxylic acids is 3. The van der Waals surface area contributed by atoms with Crippen LogP contribution in [0.15, 0.2) is 42.5 Å². The fraction of sp³-hybridized carbons (Fsp3) is 0.250. The Kier molecular flexibility index (Phi) is 7.72. The Bertz CT molecular complexity index is 975. The van der Waals surface area contributed by atoms with Crippen molar-refractivity contribution < 1.29 is 37.6 Å². The van der Waals surface area contributed by atoms with Gasteiger partial charge in [-0.1, -0.05) is 12.1 Å². The molecule has 0 aliphatic rings. The summed E-state index contributed by atoms with van der Waals surface area (Å²) in [7, 11) is 2.17. The van der Waals surface area contributed by atoms with Gasteiger partial charge in [-0.15, -0.1) is 0 Å². The molecular formula is C20H18F2N2O7. The number of rotatable bonds is 8. The standard InChI is InChI=1S/C20H18F2N2O7/c1-30-17(25)10-16(11-3-5-15(6-4-11)24(28)29)18(20(27)31-2)23-19(26)12-7-13(21)9-14(22)8-12/h3-9,16,18H,10H2,1-2H3,(H,23,26)/t16-,18+/m1/s1. The summed E-state index contributed by atoms with van der Waals surface area (Å²) < 4.78 is 36.3. The first-order valence-corrected chi connectivity index (χ1v) is 8.82. The Morgan fingerprint density at radius 3 is 2.10 bits per heavy atom. The lowest BCUT2D eigenvalue weighted by molar-refractivity contribution is -0.384. The maximum absolute atomic E-state index is 13.5. The number of nitrogens with zero attached hydrogens (tertiary/aromatic N) is 1. The number of nitrogens with one attached hydrogen (secondary N) is 1. The maximum Gasteiger partial charge on any atom is 0.329 e. The summed E-state index contributed by atoms with van der Waals surface area (Å²) in [5.74, 6) is -5.73. The highest BCUT2D eigenvalue weighted by atomic mass is 19.1. The van der Waals surface area contributed by atoms with Crippen LogP contribution < -0.4 is 5.32 Å². The Labute approximate surface area is 175 Å². The van der Waals surface area contributed by atoms with Crippen molar-refractivity contribution in [2.45, 2.75) is 18.4 Å². The number of non-ortho nitro benzene ring substituents is 1. The van der Waals surface area contributed by atoms with Crippen molar-refractivity contribution in [1.29, 1.82) is 0 Å². The molecule has 0 bridgehead atoms. The number of hydrogen-bond donors (Lipinski definition) is 1. The topological polar surface area (TPSA) is 125 Å². The minimum Gasteiger partial charge on any atom is -0.469 e. The third-order valence-corrected chi connectivity index (χ3v) is 4.42. The minimum atomic E-state index is -1.47. The second-order valence-electron chi connectivity index (χ2n) is 6.37. The van der Waals surface area contributed by atoms with Crippen molar-refractivity contribution in [3.05, 3.63) is 75.3 Å². The van der Waals surface area contributed by atoms with Crippen LogP contribution >= 0.6 is 0 Å². The molecule has 2 aromatic carbocycles. The molecule has 0 fully saturated rings. The normalized spacial score (nSPS) is 12.4. The van der Waals surface area contributed by atoms with Crippen LogP contribution in [0.25, 0.3) is 0 Å². The average Bonchev–Trinajstić information content (AvgIpc) is 2.74. The monoisotopic (exact) mass is 436 g/mol. The zero-order valence-corrected chi connectivity index (χ0v) is 16.5. The summed E-state index contributed by atoms with van der Waals surface area (Å²) in [5, 5.41) is 13.2. The van der Waals surface area contributed by atoms with E-state index in [0.29, 0.717) is 6.07 Å². The summed E-state index contributed by atoms with van der Waals surface area (Å²) in [5.41, 5.74) is -0.335. The predicted octanol–water partition coefficient (Wildman–Crippen LogP) is 2.49. The van der Waals surface area contributed by atoms with E-state index >= 15 is 0 Å². The zero-order valence-electron chi connectivity index (χ0n) is 16.5. The van der Waals surface area contributed by atoms with Gasteiger partial charge in [0.1, 0.15) is 17.7 Å². The van der Waals surface area contributed by atoms with Gasteiger partial charge in [-0.3, -0.25) is 19.7 Å². The van der Waals surface area contributed by atoms with Crippen LogP contribution in [0.5, 0.6) is 0 Å². The van der Waals surface area contributed by atoms with Gasteiger partial charge in [-0.2, -0.15) is 0 Å². The van der Waals surface area contributed by atoms with E-state index in [-0.39, 0.29) is 11.3 Å². The molecule has 2 aromatic rings. The van der Waals surface area contributed by atoms with Crippen molar-refractivity contribution in [2.75, 3.05) is 14.2 Å². The zero-order chi connectivity index (χ0) is 23.1. The molecule has 0 saturated heterocycles. The fourth-order valence-corrected chi connectivity index (χ4v) is 2.89. The van der Waals surface area contributed by atoms with Crippen molar-refractivity contribution in [3.63, 3.8) is 0 Å². The largest absolute Gasteiger partial charge is 0.469 e. The van der Waals surface area contributed by atoms with Gasteiger partial charge in [-0.05, 0) is 17.7 Å². The molecular weight excluding hydrogens is 418 g/mol. The molecule has 0 aliphatic heterocycles. The molecule has 0 saturated carbocycles. The van der Waals surface area contributed by atoms with Gasteiger partial charge in [0, 0.05) is 29.7 Å². The first-order chi connectivity index (χ1) is 14.7. The number of halogens is 2. The third kappa shape index (κ3) is 6.04. The number of benzene rings is 2. The van der Waals surface area contributed by atoms with Gasteiger partial charge >= 0.3 is 11.9 Å². The predicted molar refractivity (Wildman–Crippen MR) is 102 cm³/mol. The van der Waals surface area contributed by atoms with Crippen LogP contribution in [0, 0.1) is 21.7 Å². The van der Waals surface area contributed by atoms with E-state index in [1.807, 2.05) is 0 Å². The Hall–Kier alpha value is -3.89. The molecule has 0 heterocycles. The number of hydrogen-bond acceptors (Lipinski definition) is 7. The molecule has 1 amide bonds. The first-order valence-electron chi connectivity index (χ1n) is 8.82. The van der Waals surface area contributed by atoms with Gasteiger partial charge in [0.05, 0.1) is 25.6 Å². The first kappa shape index (κ1) is 23.4. The van der Waals surface area contributed by atoms with Crippen LogP contribution in [-0.2, 0) is 19.1 Å². The van der Waals surface area contributed by atoms with E-state index in [4.69, 9.17) is 4.74 Å². The van der Waals surface area contributed by atoms with Crippen LogP contribution in [0.3, 0.4) is 0 Å². The summed E-state index contributed by atoms with van der Waals surface area (Å²) in [6.45, 7) is 0. The molecule has 9 nitrogen and oxygen atoms in total. The van der Waals surface area contributed by atoms with Gasteiger partial charge < -0.3 is 14.8 Å². The molecule has 164 valence electrons. The van der Waals surface area contributed by atoms with Crippen LogP contribution in [0.1, 0.15) is 28.3 Å². The van der Waals surface area contributed by atoms with Crippen molar-refractivity contribution in [3.8, 4) is 0 Å². The van der Waals surface area contributed by atoms with E-state index in [1.54, 1.807) is 0 Å². The molecule has 0 radical (unpaired) electrons. The van der Waals surface area contributed by atoms with E-state index in [9.17, 15) is 33.3 Å². The van der Waals surface area contributed by atoms with E-state index in [0.717, 1.165) is 38.5 Å². The lowest BCUT2D eigenvalue weighted by Gasteiger charge is -2.26. The summed E-state index contributed by atoms with van der Waals surface area (Å²) >= 11 is 0. The van der Waals surface area contributed by atoms with Crippen LogP contribution in [0.2, 0.25) is 0 Å². The quantitative estimate of drug-likeness (QED) is 0.383. The molecule has 0 unspecified atom stereocenters. The number of methoxy groups -OCH3 is 2. The number of ether oxygens (including phenoxy) is 2. The molecule has 0 spiro atoms. The molecule has 31 heavy (non-hydrogen) atoms. The molecule has 2 atom stereocenters. The van der Waals surface area contributed by atoms with E-state index < -0.39 is 58.3 Å². The second-order valence-corrected chi connectivity index (χ2v) is 6.37. The van der Waals surface area contributed by atoms with E-state index in [1.165, 1.54) is 12.1 Å². The third-order valence-electron chi connectivity index (χ3n) is 4.42. The summed E-state index contributed by atoms with van der Waals surface area (Å²) in [6, 6.07) is 5.61. The number of amides is 1. The SMILES string of the molecule is COC(=O)C[C@H](c1ccc([N+](=O)[O-])cc1)[C@H](NC(=O)c1cc(F)cc(F)c1)C(=O)OC. The molecule has 0 aromatic heterocycles. The highest BCUT2D eigenvalue weighted by molar-refractivity contribution is 5.97. The Balaban J connectivity index is 2.44. The second kappa shape index (κ2) is 10.2. The van der Waals surface area contributed by atoms with E-state index in [2.05, 4.69) is 10.1 Å². The lowest BCUT2D eigenvalue weighted by Crippen LogP contribution is -2.46. The van der Waals surface area contributed by atoms with Crippen molar-refractivity contribution >= 4 is 23.5 Å². The average molecular weight is 436 g/mol. The minimum absolute atomic E-state index is 0.227. The Morgan fingerprint density at radius 1 is 1.03 bits per heavy atom. The Morgan fingerprint density at radius 2 is 1.61 bits per heavy atom. The lowest BCUT2D eigenvalue weighted by atomic mass is 9.88. The highest BCUT2D eigenvalue weighted by Gasteiger charge is 2.34. The summed E-state index contributed by atoms with van der Waals surface area (Å²) in [6.07, 6.45) is -0.397. The van der Waals surface area contributed by atoms with Crippen LogP contribution in [-0.4, -0.2) is 43.0 Å². The highest BCUT2D eigenvalue weighted by Crippen LogP contribution is 2.27. The molecule has 2 rings (SSSR count). The van der Waals surface area contributed by atoms with Crippen molar-refractivity contribution in [2.24, 2.45) is 0 Å². The van der Waals surface area contributed by atoms with Gasteiger partial charge in [0.15, 0.2) is 0 Å². The fourth-order valence-electron chi connectivity index (χ4n) is 2.89. The van der Waals surface area contributed by atoms with Gasteiger partial charge in [0.25, 0.3) is 11.6 Å². The smallest absolute Gasteiger partial charge is 0.329 e. The molecule has 0 aliphatic carbocycles. The number of esters is 2.